The first-order chi connectivity index (χ1) is 7.54. The summed E-state index contributed by atoms with van der Waals surface area (Å²) < 4.78 is 1.67. The molecule has 1 heterocycles. The Hall–Kier alpha value is -1.63. The van der Waals surface area contributed by atoms with E-state index in [2.05, 4.69) is 20.8 Å². The first-order valence-electron chi connectivity index (χ1n) is 4.54. The molecular formula is C8H12ClN5O2. The predicted octanol–water partition coefficient (Wildman–Crippen LogP) is -0.0593. The molecule has 1 atom stereocenters. The van der Waals surface area contributed by atoms with Crippen molar-refractivity contribution < 1.29 is 9.59 Å². The van der Waals surface area contributed by atoms with Crippen LogP contribution in [-0.4, -0.2) is 32.6 Å². The summed E-state index contributed by atoms with van der Waals surface area (Å²) in [5, 5.41) is 12.1. The summed E-state index contributed by atoms with van der Waals surface area (Å²) in [4.78, 5) is 22.1. The number of hydrogen-bond donors (Lipinski definition) is 2. The van der Waals surface area contributed by atoms with Gasteiger partial charge in [-0.25, -0.2) is 4.79 Å². The summed E-state index contributed by atoms with van der Waals surface area (Å²) in [6, 6.07) is -0.961. The van der Waals surface area contributed by atoms with E-state index < -0.39 is 11.9 Å². The summed E-state index contributed by atoms with van der Waals surface area (Å²) >= 11 is 5.24. The van der Waals surface area contributed by atoms with E-state index in [4.69, 9.17) is 11.6 Å². The standard InChI is InChI=1S/C8H12ClN5O2/c1-5(7-13-10-4-14(7)2)11-8(16)12-6(15)3-9/h4-5H,3H2,1-2H3,(H2,11,12,15,16). The molecule has 8 heteroatoms. The third kappa shape index (κ3) is 3.20. The van der Waals surface area contributed by atoms with E-state index in [1.54, 1.807) is 18.5 Å². The first-order valence-corrected chi connectivity index (χ1v) is 5.08. The van der Waals surface area contributed by atoms with Crippen molar-refractivity contribution in [3.05, 3.63) is 12.2 Å². The van der Waals surface area contributed by atoms with Crippen molar-refractivity contribution in [1.29, 1.82) is 0 Å². The molecule has 1 aromatic heterocycles. The highest BCUT2D eigenvalue weighted by atomic mass is 35.5. The van der Waals surface area contributed by atoms with Gasteiger partial charge in [-0.05, 0) is 6.92 Å². The molecule has 16 heavy (non-hydrogen) atoms. The quantitative estimate of drug-likeness (QED) is 0.731. The van der Waals surface area contributed by atoms with Gasteiger partial charge in [0.2, 0.25) is 5.91 Å². The lowest BCUT2D eigenvalue weighted by molar-refractivity contribution is -0.117. The van der Waals surface area contributed by atoms with Crippen LogP contribution in [0.4, 0.5) is 4.79 Å². The smallest absolute Gasteiger partial charge is 0.322 e. The molecule has 1 unspecified atom stereocenters. The molecule has 0 saturated carbocycles. The molecule has 0 fully saturated rings. The van der Waals surface area contributed by atoms with Crippen LogP contribution in [0.25, 0.3) is 0 Å². The van der Waals surface area contributed by atoms with Crippen LogP contribution in [0.2, 0.25) is 0 Å². The summed E-state index contributed by atoms with van der Waals surface area (Å²) in [5.41, 5.74) is 0. The van der Waals surface area contributed by atoms with E-state index in [-0.39, 0.29) is 11.9 Å². The number of urea groups is 1. The van der Waals surface area contributed by atoms with Crippen molar-refractivity contribution in [1.82, 2.24) is 25.4 Å². The van der Waals surface area contributed by atoms with Crippen molar-refractivity contribution in [2.75, 3.05) is 5.88 Å². The number of carbonyl (C=O) groups excluding carboxylic acids is 2. The number of amides is 3. The van der Waals surface area contributed by atoms with Crippen molar-refractivity contribution in [3.63, 3.8) is 0 Å². The van der Waals surface area contributed by atoms with Crippen molar-refractivity contribution >= 4 is 23.5 Å². The zero-order valence-corrected chi connectivity index (χ0v) is 9.65. The number of nitrogens with one attached hydrogen (secondary N) is 2. The summed E-state index contributed by atoms with van der Waals surface area (Å²) in [6.45, 7) is 1.73. The number of aryl methyl sites for hydroxylation is 1. The van der Waals surface area contributed by atoms with Crippen LogP contribution in [-0.2, 0) is 11.8 Å². The third-order valence-corrected chi connectivity index (χ3v) is 2.10. The topological polar surface area (TPSA) is 88.9 Å². The van der Waals surface area contributed by atoms with Crippen LogP contribution in [0, 0.1) is 0 Å². The Balaban J connectivity index is 2.52. The van der Waals surface area contributed by atoms with Crippen LogP contribution in [0.15, 0.2) is 6.33 Å². The highest BCUT2D eigenvalue weighted by Gasteiger charge is 2.15. The van der Waals surface area contributed by atoms with Gasteiger partial charge in [0.25, 0.3) is 0 Å². The van der Waals surface area contributed by atoms with E-state index in [1.165, 1.54) is 6.33 Å². The maximum absolute atomic E-state index is 11.3. The van der Waals surface area contributed by atoms with Gasteiger partial charge in [-0.3, -0.25) is 10.1 Å². The number of alkyl halides is 1. The number of carbonyl (C=O) groups is 2. The van der Waals surface area contributed by atoms with E-state index in [1.807, 2.05) is 0 Å². The Morgan fingerprint density at radius 3 is 2.81 bits per heavy atom. The zero-order chi connectivity index (χ0) is 12.1. The van der Waals surface area contributed by atoms with Crippen LogP contribution in [0.5, 0.6) is 0 Å². The number of aromatic nitrogens is 3. The molecule has 0 bridgehead atoms. The Morgan fingerprint density at radius 2 is 2.31 bits per heavy atom. The van der Waals surface area contributed by atoms with E-state index in [0.717, 1.165) is 0 Å². The molecule has 7 nitrogen and oxygen atoms in total. The van der Waals surface area contributed by atoms with Crippen molar-refractivity contribution in [2.24, 2.45) is 7.05 Å². The second-order valence-electron chi connectivity index (χ2n) is 3.18. The molecule has 0 spiro atoms. The van der Waals surface area contributed by atoms with Crippen molar-refractivity contribution in [2.45, 2.75) is 13.0 Å². The lowest BCUT2D eigenvalue weighted by Crippen LogP contribution is -2.41. The van der Waals surface area contributed by atoms with E-state index >= 15 is 0 Å². The molecule has 3 amide bonds. The van der Waals surface area contributed by atoms with Gasteiger partial charge in [0, 0.05) is 7.05 Å². The lowest BCUT2D eigenvalue weighted by Gasteiger charge is -2.12. The van der Waals surface area contributed by atoms with Gasteiger partial charge in [0.05, 0.1) is 6.04 Å². The molecule has 2 N–H and O–H groups in total. The summed E-state index contributed by atoms with van der Waals surface area (Å²) in [5.74, 6) is -0.219. The monoisotopic (exact) mass is 245 g/mol. The maximum atomic E-state index is 11.3. The van der Waals surface area contributed by atoms with Crippen LogP contribution in [0.3, 0.4) is 0 Å². The fraction of sp³-hybridized carbons (Fsp3) is 0.500. The molecule has 1 rings (SSSR count). The number of halogens is 1. The lowest BCUT2D eigenvalue weighted by atomic mass is 10.3. The third-order valence-electron chi connectivity index (χ3n) is 1.86. The minimum atomic E-state index is -0.610. The fourth-order valence-corrected chi connectivity index (χ4v) is 1.21. The number of rotatable bonds is 3. The van der Waals surface area contributed by atoms with Gasteiger partial charge >= 0.3 is 6.03 Å². The molecule has 0 aromatic carbocycles. The highest BCUT2D eigenvalue weighted by Crippen LogP contribution is 2.06. The maximum Gasteiger partial charge on any atom is 0.322 e. The molecule has 1 aromatic rings. The summed E-state index contributed by atoms with van der Waals surface area (Å²) in [7, 11) is 1.76. The Bertz CT molecular complexity index is 392. The fourth-order valence-electron chi connectivity index (χ4n) is 1.14. The minimum absolute atomic E-state index is 0.258. The Labute approximate surface area is 97.2 Å². The van der Waals surface area contributed by atoms with Gasteiger partial charge in [-0.15, -0.1) is 21.8 Å². The van der Waals surface area contributed by atoms with Crippen LogP contribution in [0.1, 0.15) is 18.8 Å². The molecule has 88 valence electrons. The van der Waals surface area contributed by atoms with Gasteiger partial charge < -0.3 is 9.88 Å². The van der Waals surface area contributed by atoms with Gasteiger partial charge in [0.15, 0.2) is 5.82 Å². The first kappa shape index (κ1) is 12.4. The SMILES string of the molecule is CC(NC(=O)NC(=O)CCl)c1nncn1C. The van der Waals surface area contributed by atoms with Gasteiger partial charge in [-0.2, -0.15) is 0 Å². The average molecular weight is 246 g/mol. The van der Waals surface area contributed by atoms with Crippen LogP contribution >= 0.6 is 11.6 Å². The molecule has 0 aliphatic heterocycles. The van der Waals surface area contributed by atoms with Gasteiger partial charge in [0.1, 0.15) is 12.2 Å². The molecule has 0 aliphatic rings. The predicted molar refractivity (Wildman–Crippen MR) is 56.8 cm³/mol. The number of imide groups is 1. The highest BCUT2D eigenvalue weighted by molar-refractivity contribution is 6.28. The van der Waals surface area contributed by atoms with Crippen molar-refractivity contribution in [3.8, 4) is 0 Å². The van der Waals surface area contributed by atoms with E-state index in [9.17, 15) is 9.59 Å². The Kier molecular flexibility index (Phi) is 4.24. The summed E-state index contributed by atoms with van der Waals surface area (Å²) in [6.07, 6.45) is 1.52. The second kappa shape index (κ2) is 5.45. The number of nitrogens with zero attached hydrogens (tertiary/aromatic N) is 3. The largest absolute Gasteiger partial charge is 0.328 e. The zero-order valence-electron chi connectivity index (χ0n) is 8.90. The minimum Gasteiger partial charge on any atom is -0.328 e. The van der Waals surface area contributed by atoms with Gasteiger partial charge in [-0.1, -0.05) is 0 Å². The Morgan fingerprint density at radius 1 is 1.62 bits per heavy atom. The molecular weight excluding hydrogens is 234 g/mol. The average Bonchev–Trinajstić information content (AvgIpc) is 2.63. The normalized spacial score (nSPS) is 11.9. The van der Waals surface area contributed by atoms with Crippen LogP contribution < -0.4 is 10.6 Å². The number of hydrogen-bond acceptors (Lipinski definition) is 4. The van der Waals surface area contributed by atoms with E-state index in [0.29, 0.717) is 5.82 Å². The molecule has 0 radical (unpaired) electrons. The molecule has 0 aliphatic carbocycles. The second-order valence-corrected chi connectivity index (χ2v) is 3.44. The molecule has 0 saturated heterocycles.